The zero-order valence-electron chi connectivity index (χ0n) is 17.0. The third-order valence-electron chi connectivity index (χ3n) is 5.77. The molecule has 0 aromatic heterocycles. The van der Waals surface area contributed by atoms with E-state index in [-0.39, 0.29) is 5.91 Å². The average molecular weight is 453 g/mol. The number of alkyl halides is 4. The van der Waals surface area contributed by atoms with Crippen LogP contribution in [-0.2, 0) is 19.3 Å². The number of hydrazine groups is 1. The molecule has 0 unspecified atom stereocenters. The molecule has 9 heteroatoms. The Bertz CT molecular complexity index is 927. The predicted molar refractivity (Wildman–Crippen MR) is 114 cm³/mol. The van der Waals surface area contributed by atoms with Gasteiger partial charge in [0.05, 0.1) is 5.56 Å². The molecule has 5 nitrogen and oxygen atoms in total. The van der Waals surface area contributed by atoms with Crippen LogP contribution in [0.1, 0.15) is 27.0 Å². The summed E-state index contributed by atoms with van der Waals surface area (Å²) in [5, 5.41) is 7.34. The van der Waals surface area contributed by atoms with Gasteiger partial charge < -0.3 is 10.2 Å². The number of carbonyl (C=O) groups excluding carboxylic acids is 1. The minimum atomic E-state index is -4.31. The molecule has 0 saturated carbocycles. The van der Waals surface area contributed by atoms with Gasteiger partial charge in [0.1, 0.15) is 0 Å². The monoisotopic (exact) mass is 452 g/mol. The summed E-state index contributed by atoms with van der Waals surface area (Å²) >= 11 is 5.63. The maximum atomic E-state index is 12.8. The SMILES string of the molecule is O=C(NCCCl)c1ccc2c(c1)CN(N1CCN(c3ccc(C(F)(F)F)cc3)CC1)C2. The lowest BCUT2D eigenvalue weighted by molar-refractivity contribution is -0.137. The third kappa shape index (κ3) is 4.97. The van der Waals surface area contributed by atoms with E-state index in [1.54, 1.807) is 12.1 Å². The highest BCUT2D eigenvalue weighted by Gasteiger charge is 2.31. The fourth-order valence-corrected chi connectivity index (χ4v) is 4.17. The minimum Gasteiger partial charge on any atom is -0.369 e. The topological polar surface area (TPSA) is 38.8 Å². The van der Waals surface area contributed by atoms with Gasteiger partial charge in [-0.2, -0.15) is 13.2 Å². The van der Waals surface area contributed by atoms with Crippen LogP contribution < -0.4 is 10.2 Å². The lowest BCUT2D eigenvalue weighted by Crippen LogP contribution is -2.52. The zero-order valence-corrected chi connectivity index (χ0v) is 17.7. The van der Waals surface area contributed by atoms with Crippen LogP contribution in [0.15, 0.2) is 42.5 Å². The first-order valence-corrected chi connectivity index (χ1v) is 10.8. The number of hydrogen-bond acceptors (Lipinski definition) is 4. The Morgan fingerprint density at radius 3 is 2.26 bits per heavy atom. The number of carbonyl (C=O) groups is 1. The van der Waals surface area contributed by atoms with Gasteiger partial charge >= 0.3 is 6.18 Å². The first-order valence-electron chi connectivity index (χ1n) is 10.2. The van der Waals surface area contributed by atoms with Crippen LogP contribution in [0.25, 0.3) is 0 Å². The normalized spacial score (nSPS) is 17.6. The van der Waals surface area contributed by atoms with E-state index in [9.17, 15) is 18.0 Å². The number of piperazine rings is 1. The van der Waals surface area contributed by atoms with Crippen molar-refractivity contribution in [3.63, 3.8) is 0 Å². The summed E-state index contributed by atoms with van der Waals surface area (Å²) < 4.78 is 38.3. The van der Waals surface area contributed by atoms with Crippen LogP contribution in [0.3, 0.4) is 0 Å². The number of halogens is 4. The summed E-state index contributed by atoms with van der Waals surface area (Å²) in [6, 6.07) is 11.1. The largest absolute Gasteiger partial charge is 0.416 e. The molecule has 0 bridgehead atoms. The number of nitrogens with one attached hydrogen (secondary N) is 1. The molecule has 1 N–H and O–H groups in total. The van der Waals surface area contributed by atoms with E-state index >= 15 is 0 Å². The molecule has 0 atom stereocenters. The number of nitrogens with zero attached hydrogens (tertiary/aromatic N) is 3. The fraction of sp³-hybridized carbons (Fsp3) is 0.409. The second-order valence-corrected chi connectivity index (χ2v) is 8.11. The van der Waals surface area contributed by atoms with Crippen molar-refractivity contribution in [1.82, 2.24) is 15.3 Å². The first-order chi connectivity index (χ1) is 14.8. The molecule has 2 heterocycles. The van der Waals surface area contributed by atoms with Gasteiger partial charge in [-0.15, -0.1) is 11.6 Å². The minimum absolute atomic E-state index is 0.118. The lowest BCUT2D eigenvalue weighted by Gasteiger charge is -2.40. The van der Waals surface area contributed by atoms with Gasteiger partial charge in [-0.05, 0) is 47.5 Å². The first kappa shape index (κ1) is 21.9. The molecular weight excluding hydrogens is 429 g/mol. The molecule has 31 heavy (non-hydrogen) atoms. The van der Waals surface area contributed by atoms with E-state index in [1.165, 1.54) is 5.56 Å². The number of fused-ring (bicyclic) bond motifs is 1. The third-order valence-corrected chi connectivity index (χ3v) is 5.96. The molecule has 1 saturated heterocycles. The quantitative estimate of drug-likeness (QED) is 0.702. The highest BCUT2D eigenvalue weighted by Crippen LogP contribution is 2.31. The van der Waals surface area contributed by atoms with Gasteiger partial charge in [0, 0.05) is 62.9 Å². The standard InChI is InChI=1S/C22H24ClF3N4O/c23-7-8-27-21(31)16-1-2-17-14-30(15-18(17)13-16)29-11-9-28(10-12-29)20-5-3-19(4-6-20)22(24,25)26/h1-6,13H,7-12,14-15H2,(H,27,31). The number of hydrogen-bond donors (Lipinski definition) is 1. The maximum Gasteiger partial charge on any atom is 0.416 e. The van der Waals surface area contributed by atoms with Gasteiger partial charge in [-0.25, -0.2) is 10.0 Å². The van der Waals surface area contributed by atoms with Crippen molar-refractivity contribution in [3.05, 3.63) is 64.7 Å². The molecule has 0 radical (unpaired) electrons. The summed E-state index contributed by atoms with van der Waals surface area (Å²) in [6.45, 7) is 5.03. The Morgan fingerprint density at radius 2 is 1.61 bits per heavy atom. The van der Waals surface area contributed by atoms with Crippen molar-refractivity contribution >= 4 is 23.2 Å². The van der Waals surface area contributed by atoms with Crippen LogP contribution in [0.4, 0.5) is 18.9 Å². The summed E-state index contributed by atoms with van der Waals surface area (Å²) in [7, 11) is 0. The summed E-state index contributed by atoms with van der Waals surface area (Å²) in [5.41, 5.74) is 3.17. The van der Waals surface area contributed by atoms with Crippen molar-refractivity contribution < 1.29 is 18.0 Å². The Labute approximate surface area is 184 Å². The van der Waals surface area contributed by atoms with Crippen molar-refractivity contribution in [2.45, 2.75) is 19.3 Å². The molecule has 2 aliphatic rings. The van der Waals surface area contributed by atoms with E-state index in [4.69, 9.17) is 11.6 Å². The van der Waals surface area contributed by atoms with E-state index in [0.717, 1.165) is 62.7 Å². The van der Waals surface area contributed by atoms with E-state index < -0.39 is 11.7 Å². The highest BCUT2D eigenvalue weighted by atomic mass is 35.5. The average Bonchev–Trinajstić information content (AvgIpc) is 3.20. The van der Waals surface area contributed by atoms with Crippen molar-refractivity contribution in [2.75, 3.05) is 43.5 Å². The molecule has 4 rings (SSSR count). The van der Waals surface area contributed by atoms with Crippen molar-refractivity contribution in [3.8, 4) is 0 Å². The van der Waals surface area contributed by atoms with Crippen molar-refractivity contribution in [2.24, 2.45) is 0 Å². The maximum absolute atomic E-state index is 12.8. The molecule has 1 amide bonds. The second-order valence-electron chi connectivity index (χ2n) is 7.74. The summed E-state index contributed by atoms with van der Waals surface area (Å²) in [4.78, 5) is 14.3. The van der Waals surface area contributed by atoms with Crippen LogP contribution in [0.2, 0.25) is 0 Å². The number of anilines is 1. The van der Waals surface area contributed by atoms with E-state index in [2.05, 4.69) is 20.2 Å². The van der Waals surface area contributed by atoms with Gasteiger partial charge in [0.2, 0.25) is 0 Å². The smallest absolute Gasteiger partial charge is 0.369 e. The van der Waals surface area contributed by atoms with Gasteiger partial charge in [0.15, 0.2) is 0 Å². The molecule has 2 aliphatic heterocycles. The van der Waals surface area contributed by atoms with E-state index in [1.807, 2.05) is 18.2 Å². The summed E-state index contributed by atoms with van der Waals surface area (Å²) in [6.07, 6.45) is -4.31. The Hall–Kier alpha value is -2.29. The molecular formula is C22H24ClF3N4O. The van der Waals surface area contributed by atoms with Gasteiger partial charge in [0.25, 0.3) is 5.91 Å². The highest BCUT2D eigenvalue weighted by molar-refractivity contribution is 6.18. The molecule has 2 aromatic carbocycles. The van der Waals surface area contributed by atoms with Crippen LogP contribution in [0, 0.1) is 0 Å². The number of rotatable bonds is 5. The Kier molecular flexibility index (Phi) is 6.41. The lowest BCUT2D eigenvalue weighted by atomic mass is 10.1. The molecule has 2 aromatic rings. The fourth-order valence-electron chi connectivity index (χ4n) is 4.08. The van der Waals surface area contributed by atoms with Crippen molar-refractivity contribution in [1.29, 1.82) is 0 Å². The van der Waals surface area contributed by atoms with Crippen LogP contribution in [0.5, 0.6) is 0 Å². The van der Waals surface area contributed by atoms with Crippen LogP contribution in [-0.4, -0.2) is 54.5 Å². The molecule has 0 aliphatic carbocycles. The summed E-state index contributed by atoms with van der Waals surface area (Å²) in [5.74, 6) is 0.259. The van der Waals surface area contributed by atoms with Crippen LogP contribution >= 0.6 is 11.6 Å². The predicted octanol–water partition coefficient (Wildman–Crippen LogP) is 3.73. The second kappa shape index (κ2) is 9.06. The van der Waals surface area contributed by atoms with Gasteiger partial charge in [-0.1, -0.05) is 6.07 Å². The number of amides is 1. The zero-order chi connectivity index (χ0) is 22.0. The Balaban J connectivity index is 1.33. The number of benzene rings is 2. The molecule has 166 valence electrons. The molecule has 1 fully saturated rings. The van der Waals surface area contributed by atoms with E-state index in [0.29, 0.717) is 18.0 Å². The van der Waals surface area contributed by atoms with Gasteiger partial charge in [-0.3, -0.25) is 4.79 Å². The molecule has 0 spiro atoms. The Morgan fingerprint density at radius 1 is 0.935 bits per heavy atom.